The predicted molar refractivity (Wildman–Crippen MR) is 262 cm³/mol. The van der Waals surface area contributed by atoms with E-state index in [2.05, 4.69) is 63.5 Å². The molecule has 7 N–H and O–H groups in total. The number of nitrogens with one attached hydrogen (secondary N) is 7. The highest BCUT2D eigenvalue weighted by Crippen LogP contribution is 2.37. The molecule has 17 heteroatoms. The fraction of sp³-hybridized carbons (Fsp3) is 0.346. The second kappa shape index (κ2) is 27.1. The quantitative estimate of drug-likeness (QED) is 0.0342. The highest BCUT2D eigenvalue weighted by atomic mass is 16.6. The summed E-state index contributed by atoms with van der Waals surface area (Å²) >= 11 is 0. The number of hydrogen-bond acceptors (Lipinski definition) is 10. The lowest BCUT2D eigenvalue weighted by Crippen LogP contribution is -2.59. The van der Waals surface area contributed by atoms with Gasteiger partial charge in [0, 0.05) is 0 Å². The summed E-state index contributed by atoms with van der Waals surface area (Å²) in [5.41, 5.74) is -0.0598. The Bertz CT molecular complexity index is 2190. The number of alkyl carbamates (subject to hydrolysis) is 1. The maximum absolute atomic E-state index is 14.6. The summed E-state index contributed by atoms with van der Waals surface area (Å²) in [6.07, 6.45) is 3.69. The van der Waals surface area contributed by atoms with E-state index in [0.29, 0.717) is 16.7 Å². The molecule has 3 aromatic rings. The summed E-state index contributed by atoms with van der Waals surface area (Å²) in [5, 5.41) is 18.4. The number of rotatable bonds is 26. The first kappa shape index (κ1) is 55.5. The second-order valence-corrected chi connectivity index (χ2v) is 16.9. The average Bonchev–Trinajstić information content (AvgIpc) is 3.32. The predicted octanol–water partition coefficient (Wildman–Crippen LogP) is 4.30. The molecule has 69 heavy (non-hydrogen) atoms. The second-order valence-electron chi connectivity index (χ2n) is 16.9. The van der Waals surface area contributed by atoms with E-state index in [1.54, 1.807) is 20.8 Å². The summed E-state index contributed by atoms with van der Waals surface area (Å²) in [5.74, 6) is -5.67. The van der Waals surface area contributed by atoms with Crippen molar-refractivity contribution in [3.63, 3.8) is 0 Å². The van der Waals surface area contributed by atoms with Gasteiger partial charge in [-0.25, -0.2) is 9.59 Å². The van der Waals surface area contributed by atoms with E-state index in [1.165, 1.54) is 31.2 Å². The maximum atomic E-state index is 14.6. The molecular formula is C52H65N7O10. The molecule has 0 bridgehead atoms. The zero-order valence-corrected chi connectivity index (χ0v) is 39.9. The third-order valence-corrected chi connectivity index (χ3v) is 10.4. The van der Waals surface area contributed by atoms with E-state index in [4.69, 9.17) is 9.47 Å². The summed E-state index contributed by atoms with van der Waals surface area (Å²) in [6, 6.07) is 19.7. The monoisotopic (exact) mass is 947 g/mol. The minimum atomic E-state index is -1.64. The fourth-order valence-corrected chi connectivity index (χ4v) is 7.10. The Kier molecular flexibility index (Phi) is 21.8. The maximum Gasteiger partial charge on any atom is 0.408 e. The number of esters is 1. The number of benzene rings is 3. The Morgan fingerprint density at radius 2 is 0.855 bits per heavy atom. The van der Waals surface area contributed by atoms with Gasteiger partial charge >= 0.3 is 12.1 Å². The van der Waals surface area contributed by atoms with E-state index in [0.717, 1.165) is 7.11 Å². The topological polar surface area (TPSA) is 239 Å². The third kappa shape index (κ3) is 16.8. The smallest absolute Gasteiger partial charge is 0.408 e. The van der Waals surface area contributed by atoms with E-state index < -0.39 is 101 Å². The van der Waals surface area contributed by atoms with Crippen LogP contribution in [0.2, 0.25) is 0 Å². The molecule has 17 nitrogen and oxygen atoms in total. The van der Waals surface area contributed by atoms with Gasteiger partial charge in [0.05, 0.1) is 13.5 Å². The first-order valence-electron chi connectivity index (χ1n) is 22.3. The molecule has 0 aromatic heterocycles. The van der Waals surface area contributed by atoms with Crippen LogP contribution in [0.25, 0.3) is 0 Å². The van der Waals surface area contributed by atoms with Gasteiger partial charge in [-0.1, -0.05) is 115 Å². The molecule has 3 aromatic carbocycles. The molecular weight excluding hydrogens is 883 g/mol. The summed E-state index contributed by atoms with van der Waals surface area (Å²) in [4.78, 5) is 108. The van der Waals surface area contributed by atoms with E-state index in [1.807, 2.05) is 91.0 Å². The van der Waals surface area contributed by atoms with Crippen LogP contribution in [0.4, 0.5) is 4.79 Å². The lowest BCUT2D eigenvalue weighted by atomic mass is 9.77. The van der Waals surface area contributed by atoms with Gasteiger partial charge in [-0.15, -0.1) is 26.3 Å². The van der Waals surface area contributed by atoms with Crippen LogP contribution < -0.4 is 37.2 Å². The summed E-state index contributed by atoms with van der Waals surface area (Å²) < 4.78 is 10.1. The van der Waals surface area contributed by atoms with Crippen molar-refractivity contribution in [2.24, 2.45) is 0 Å². The molecule has 0 fully saturated rings. The molecule has 0 aliphatic carbocycles. The van der Waals surface area contributed by atoms with Gasteiger partial charge in [-0.3, -0.25) is 28.8 Å². The lowest BCUT2D eigenvalue weighted by molar-refractivity contribution is -0.145. The van der Waals surface area contributed by atoms with Crippen molar-refractivity contribution >= 4 is 47.5 Å². The van der Waals surface area contributed by atoms with Crippen LogP contribution in [-0.2, 0) is 48.6 Å². The van der Waals surface area contributed by atoms with Gasteiger partial charge in [0.25, 0.3) is 0 Å². The number of carbonyl (C=O) groups is 8. The first-order chi connectivity index (χ1) is 32.8. The lowest BCUT2D eigenvalue weighted by Gasteiger charge is -2.37. The van der Waals surface area contributed by atoms with Gasteiger partial charge in [0.2, 0.25) is 35.4 Å². The normalized spacial score (nSPS) is 13.6. The van der Waals surface area contributed by atoms with Crippen LogP contribution in [0.3, 0.4) is 0 Å². The molecule has 3 rings (SSSR count). The van der Waals surface area contributed by atoms with Gasteiger partial charge in [-0.2, -0.15) is 0 Å². The summed E-state index contributed by atoms with van der Waals surface area (Å²) in [6.45, 7) is 21.0. The van der Waals surface area contributed by atoms with Crippen molar-refractivity contribution in [1.82, 2.24) is 37.2 Å². The minimum absolute atomic E-state index is 0.0113. The van der Waals surface area contributed by atoms with Gasteiger partial charge < -0.3 is 46.7 Å². The summed E-state index contributed by atoms with van der Waals surface area (Å²) in [7, 11) is 1.14. The number of hydrogen-bond donors (Lipinski definition) is 7. The Labute approximate surface area is 404 Å². The SMILES string of the molecule is C=CC[C@H](NC(=O)[C@@H](CC=C)NC(=O)[C@H](C)NC(=O)[C@@H](CC=C)NC(=O)OC(C)(C)C)C(=O)N[C@@H](CC(=O)NC(c1ccccc1)(c1ccccc1)c1ccccc1)C(=O)N[C@@H](CC=C)C(=O)OC. The molecule has 6 atom stereocenters. The van der Waals surface area contributed by atoms with Gasteiger partial charge in [-0.05, 0) is 70.1 Å². The van der Waals surface area contributed by atoms with Crippen molar-refractivity contribution in [3.8, 4) is 0 Å². The van der Waals surface area contributed by atoms with Crippen molar-refractivity contribution in [2.45, 2.75) is 107 Å². The Balaban J connectivity index is 1.93. The molecule has 7 amide bonds. The van der Waals surface area contributed by atoms with Crippen LogP contribution in [0, 0.1) is 0 Å². The zero-order valence-electron chi connectivity index (χ0n) is 39.9. The Hall–Kier alpha value is -7.82. The molecule has 368 valence electrons. The standard InChI is InChI=1S/C52H65N7O10/c1-10-23-38(54-44(61)34(5)53-45(62)40(25-12-3)58-50(67)69-51(6,7)8)46(63)55-39(24-11-2)47(64)57-42(48(65)56-41(26-13-4)49(66)68-9)33-43(60)59-52(35-27-17-14-18-28-35,36-29-19-15-20-30-36)37-31-21-16-22-32-37/h10-22,27-32,34,38-42H,1-4,23-26,33H2,5-9H3,(H,53,62)(H,54,61)(H,55,63)(H,56,65)(H,57,64)(H,58,67)(H,59,60)/t34-,38+,39-,40+,41-,42-/m0/s1. The van der Waals surface area contributed by atoms with Crippen molar-refractivity contribution in [3.05, 3.63) is 158 Å². The zero-order chi connectivity index (χ0) is 51.1. The van der Waals surface area contributed by atoms with Crippen molar-refractivity contribution in [2.75, 3.05) is 7.11 Å². The number of amides is 7. The fourth-order valence-electron chi connectivity index (χ4n) is 7.10. The number of ether oxygens (including phenoxy) is 2. The van der Waals surface area contributed by atoms with Gasteiger partial charge in [0.15, 0.2) is 0 Å². The molecule has 0 unspecified atom stereocenters. The molecule has 0 aliphatic heterocycles. The number of carbonyl (C=O) groups excluding carboxylic acids is 8. The highest BCUT2D eigenvalue weighted by molar-refractivity contribution is 5.98. The van der Waals surface area contributed by atoms with Crippen LogP contribution >= 0.6 is 0 Å². The largest absolute Gasteiger partial charge is 0.467 e. The average molecular weight is 948 g/mol. The first-order valence-corrected chi connectivity index (χ1v) is 22.3. The molecule has 0 heterocycles. The van der Waals surface area contributed by atoms with Crippen LogP contribution in [0.15, 0.2) is 142 Å². The van der Waals surface area contributed by atoms with Crippen molar-refractivity contribution < 1.29 is 47.8 Å². The molecule has 0 aliphatic rings. The molecule has 0 saturated carbocycles. The van der Waals surface area contributed by atoms with E-state index in [9.17, 15) is 38.4 Å². The minimum Gasteiger partial charge on any atom is -0.467 e. The van der Waals surface area contributed by atoms with Crippen LogP contribution in [0.1, 0.15) is 76.5 Å². The van der Waals surface area contributed by atoms with Crippen LogP contribution in [0.5, 0.6) is 0 Å². The highest BCUT2D eigenvalue weighted by Gasteiger charge is 2.40. The van der Waals surface area contributed by atoms with E-state index >= 15 is 0 Å². The van der Waals surface area contributed by atoms with Crippen LogP contribution in [-0.4, -0.2) is 96.5 Å². The molecule has 0 radical (unpaired) electrons. The Morgan fingerprint density at radius 3 is 1.26 bits per heavy atom. The van der Waals surface area contributed by atoms with E-state index in [-0.39, 0.29) is 25.7 Å². The Morgan fingerprint density at radius 1 is 0.507 bits per heavy atom. The molecule has 0 saturated heterocycles. The number of methoxy groups -OCH3 is 1. The van der Waals surface area contributed by atoms with Crippen molar-refractivity contribution in [1.29, 1.82) is 0 Å². The molecule has 0 spiro atoms. The van der Waals surface area contributed by atoms with Gasteiger partial charge in [0.1, 0.15) is 47.4 Å². The third-order valence-electron chi connectivity index (χ3n) is 10.4.